The van der Waals surface area contributed by atoms with Crippen molar-refractivity contribution in [2.75, 3.05) is 6.54 Å². The van der Waals surface area contributed by atoms with Crippen LogP contribution in [0.3, 0.4) is 0 Å². The molecule has 3 rings (SSSR count). The first kappa shape index (κ1) is 18.0. The van der Waals surface area contributed by atoms with Gasteiger partial charge in [-0.2, -0.15) is 0 Å². The Balaban J connectivity index is 1.57. The number of hydrogen-bond donors (Lipinski definition) is 2. The monoisotopic (exact) mass is 356 g/mol. The number of halogens is 1. The molecule has 0 bridgehead atoms. The zero-order chi connectivity index (χ0) is 17.8. The van der Waals surface area contributed by atoms with E-state index >= 15 is 0 Å². The van der Waals surface area contributed by atoms with E-state index in [1.54, 1.807) is 0 Å². The third kappa shape index (κ3) is 4.62. The van der Waals surface area contributed by atoms with Crippen LogP contribution in [0.1, 0.15) is 37.7 Å². The highest BCUT2D eigenvalue weighted by Gasteiger charge is 2.38. The largest absolute Gasteiger partial charge is 0.369 e. The van der Waals surface area contributed by atoms with Crippen molar-refractivity contribution in [3.05, 3.63) is 59.1 Å². The molecule has 4 heteroatoms. The molecule has 3 atom stereocenters. The van der Waals surface area contributed by atoms with Gasteiger partial charge in [0, 0.05) is 22.9 Å². The Hall–Kier alpha value is -1.84. The third-order valence-corrected chi connectivity index (χ3v) is 5.26. The second-order valence-corrected chi connectivity index (χ2v) is 7.38. The summed E-state index contributed by atoms with van der Waals surface area (Å²) < 4.78 is 0. The minimum atomic E-state index is -0.207. The fourth-order valence-corrected chi connectivity index (χ4v) is 3.44. The Bertz CT molecular complexity index is 729. The van der Waals surface area contributed by atoms with E-state index in [2.05, 4.69) is 41.7 Å². The predicted molar refractivity (Wildman–Crippen MR) is 104 cm³/mol. The highest BCUT2D eigenvalue weighted by Crippen LogP contribution is 2.44. The summed E-state index contributed by atoms with van der Waals surface area (Å²) in [6, 6.07) is 17.2. The molecule has 2 aromatic carbocycles. The molecule has 1 aliphatic carbocycles. The number of rotatable bonds is 8. The summed E-state index contributed by atoms with van der Waals surface area (Å²) in [6.45, 7) is 2.83. The summed E-state index contributed by atoms with van der Waals surface area (Å²) in [5.41, 5.74) is 9.20. The fourth-order valence-electron chi connectivity index (χ4n) is 3.31. The van der Waals surface area contributed by atoms with Crippen molar-refractivity contribution in [1.29, 1.82) is 0 Å². The van der Waals surface area contributed by atoms with Crippen molar-refractivity contribution in [3.63, 3.8) is 0 Å². The molecule has 25 heavy (non-hydrogen) atoms. The number of nitrogens with two attached hydrogens (primary N) is 1. The molecule has 3 nitrogen and oxygen atoms in total. The Labute approximate surface area is 154 Å². The molecular weight excluding hydrogens is 332 g/mol. The number of hydrogen-bond acceptors (Lipinski definition) is 2. The lowest BCUT2D eigenvalue weighted by atomic mass is 9.96. The van der Waals surface area contributed by atoms with Gasteiger partial charge in [0.1, 0.15) is 0 Å². The number of primary amides is 1. The van der Waals surface area contributed by atoms with Crippen molar-refractivity contribution in [3.8, 4) is 11.1 Å². The van der Waals surface area contributed by atoms with Crippen LogP contribution in [0.15, 0.2) is 48.5 Å². The molecule has 0 heterocycles. The van der Waals surface area contributed by atoms with Gasteiger partial charge in [-0.05, 0) is 54.6 Å². The first-order chi connectivity index (χ1) is 12.1. The molecular formula is C21H25ClN2O. The standard InChI is InChI=1S/C21H25ClN2O/c1-14(21(23)25)5-4-12-24-20-13-19(20)18-7-3-2-6-17(18)15-8-10-16(22)11-9-15/h2-3,6-11,14,19-20,24H,4-5,12-13H2,1H3,(H2,23,25). The molecule has 3 unspecified atom stereocenters. The van der Waals surface area contributed by atoms with Crippen molar-refractivity contribution >= 4 is 17.5 Å². The smallest absolute Gasteiger partial charge is 0.220 e. The van der Waals surface area contributed by atoms with Gasteiger partial charge in [0.15, 0.2) is 0 Å². The Kier molecular flexibility index (Phi) is 5.77. The van der Waals surface area contributed by atoms with Gasteiger partial charge in [0.25, 0.3) is 0 Å². The molecule has 0 saturated heterocycles. The second kappa shape index (κ2) is 8.03. The van der Waals surface area contributed by atoms with E-state index in [0.29, 0.717) is 12.0 Å². The van der Waals surface area contributed by atoms with Crippen LogP contribution >= 0.6 is 11.6 Å². The van der Waals surface area contributed by atoms with Crippen LogP contribution in [-0.2, 0) is 4.79 Å². The van der Waals surface area contributed by atoms with Gasteiger partial charge in [-0.15, -0.1) is 0 Å². The second-order valence-electron chi connectivity index (χ2n) is 6.94. The lowest BCUT2D eigenvalue weighted by molar-refractivity contribution is -0.121. The highest BCUT2D eigenvalue weighted by molar-refractivity contribution is 6.30. The van der Waals surface area contributed by atoms with Gasteiger partial charge in [-0.3, -0.25) is 4.79 Å². The SMILES string of the molecule is CC(CCCNC1CC1c1ccccc1-c1ccc(Cl)cc1)C(N)=O. The maximum Gasteiger partial charge on any atom is 0.220 e. The van der Waals surface area contributed by atoms with E-state index in [1.807, 2.05) is 19.1 Å². The highest BCUT2D eigenvalue weighted by atomic mass is 35.5. The number of carbonyl (C=O) groups excluding carboxylic acids is 1. The minimum Gasteiger partial charge on any atom is -0.369 e. The predicted octanol–water partition coefficient (Wildman–Crippen LogP) is 4.35. The van der Waals surface area contributed by atoms with E-state index < -0.39 is 0 Å². The van der Waals surface area contributed by atoms with E-state index in [0.717, 1.165) is 30.8 Å². The van der Waals surface area contributed by atoms with Gasteiger partial charge in [-0.25, -0.2) is 0 Å². The topological polar surface area (TPSA) is 55.1 Å². The van der Waals surface area contributed by atoms with Gasteiger partial charge in [0.05, 0.1) is 0 Å². The van der Waals surface area contributed by atoms with Crippen LogP contribution in [0.25, 0.3) is 11.1 Å². The molecule has 0 aliphatic heterocycles. The summed E-state index contributed by atoms with van der Waals surface area (Å²) in [4.78, 5) is 11.1. The summed E-state index contributed by atoms with van der Waals surface area (Å²) in [5, 5.41) is 4.38. The molecule has 0 radical (unpaired) electrons. The van der Waals surface area contributed by atoms with E-state index in [-0.39, 0.29) is 11.8 Å². The summed E-state index contributed by atoms with van der Waals surface area (Å²) in [5.74, 6) is 0.309. The zero-order valence-corrected chi connectivity index (χ0v) is 15.3. The average molecular weight is 357 g/mol. The Morgan fingerprint density at radius 3 is 2.68 bits per heavy atom. The zero-order valence-electron chi connectivity index (χ0n) is 14.5. The molecule has 3 N–H and O–H groups in total. The number of nitrogens with one attached hydrogen (secondary N) is 1. The molecule has 0 aromatic heterocycles. The van der Waals surface area contributed by atoms with Crippen LogP contribution in [0, 0.1) is 5.92 Å². The van der Waals surface area contributed by atoms with E-state index in [9.17, 15) is 4.79 Å². The fraction of sp³-hybridized carbons (Fsp3) is 0.381. The van der Waals surface area contributed by atoms with Crippen LogP contribution < -0.4 is 11.1 Å². The number of benzene rings is 2. The van der Waals surface area contributed by atoms with Crippen molar-refractivity contribution in [2.45, 2.75) is 38.1 Å². The Morgan fingerprint density at radius 2 is 1.96 bits per heavy atom. The van der Waals surface area contributed by atoms with Crippen LogP contribution in [0.2, 0.25) is 5.02 Å². The van der Waals surface area contributed by atoms with Crippen LogP contribution in [-0.4, -0.2) is 18.5 Å². The molecule has 1 saturated carbocycles. The van der Waals surface area contributed by atoms with Gasteiger partial charge in [-0.1, -0.05) is 54.9 Å². The number of amides is 1. The number of carbonyl (C=O) groups is 1. The summed E-state index contributed by atoms with van der Waals surface area (Å²) in [6.07, 6.45) is 2.99. The molecule has 1 amide bonds. The average Bonchev–Trinajstić information content (AvgIpc) is 3.38. The van der Waals surface area contributed by atoms with Gasteiger partial charge < -0.3 is 11.1 Å². The molecule has 1 fully saturated rings. The summed E-state index contributed by atoms with van der Waals surface area (Å²) in [7, 11) is 0. The van der Waals surface area contributed by atoms with Gasteiger partial charge >= 0.3 is 0 Å². The molecule has 2 aromatic rings. The van der Waals surface area contributed by atoms with Crippen molar-refractivity contribution in [1.82, 2.24) is 5.32 Å². The first-order valence-corrected chi connectivity index (χ1v) is 9.31. The lowest BCUT2D eigenvalue weighted by Gasteiger charge is -2.11. The quantitative estimate of drug-likeness (QED) is 0.691. The van der Waals surface area contributed by atoms with Crippen molar-refractivity contribution in [2.24, 2.45) is 11.7 Å². The minimum absolute atomic E-state index is 0.0394. The maximum atomic E-state index is 11.1. The molecule has 1 aliphatic rings. The van der Waals surface area contributed by atoms with E-state index in [1.165, 1.54) is 16.7 Å². The lowest BCUT2D eigenvalue weighted by Crippen LogP contribution is -2.23. The van der Waals surface area contributed by atoms with Crippen LogP contribution in [0.4, 0.5) is 0 Å². The first-order valence-electron chi connectivity index (χ1n) is 8.94. The third-order valence-electron chi connectivity index (χ3n) is 5.01. The van der Waals surface area contributed by atoms with Gasteiger partial charge in [0.2, 0.25) is 5.91 Å². The van der Waals surface area contributed by atoms with E-state index in [4.69, 9.17) is 17.3 Å². The molecule has 132 valence electrons. The maximum absolute atomic E-state index is 11.1. The molecule has 0 spiro atoms. The normalized spacial score (nSPS) is 20.2. The Morgan fingerprint density at radius 1 is 1.24 bits per heavy atom. The van der Waals surface area contributed by atoms with Crippen LogP contribution in [0.5, 0.6) is 0 Å². The summed E-state index contributed by atoms with van der Waals surface area (Å²) >= 11 is 6.01. The van der Waals surface area contributed by atoms with Crippen molar-refractivity contribution < 1.29 is 4.79 Å².